The first kappa shape index (κ1) is 11.1. The summed E-state index contributed by atoms with van der Waals surface area (Å²) in [6.45, 7) is 1.39. The van der Waals surface area contributed by atoms with E-state index in [9.17, 15) is 15.2 Å². The molecule has 88 valence electrons. The zero-order chi connectivity index (χ0) is 11.8. The second-order valence-corrected chi connectivity index (χ2v) is 4.16. The fourth-order valence-corrected chi connectivity index (χ4v) is 1.98. The smallest absolute Gasteiger partial charge is 0.246 e. The first-order chi connectivity index (χ1) is 7.49. The average molecular weight is 227 g/mol. The highest BCUT2D eigenvalue weighted by Crippen LogP contribution is 2.36. The molecule has 0 aromatic carbocycles. The molecular weight excluding hydrogens is 214 g/mol. The number of aliphatic hydroxyl groups is 1. The third-order valence-corrected chi connectivity index (χ3v) is 2.81. The maximum atomic E-state index is 10.9. The summed E-state index contributed by atoms with van der Waals surface area (Å²) in [6, 6.07) is 2.49. The van der Waals surface area contributed by atoms with Crippen molar-refractivity contribution in [2.45, 2.75) is 31.1 Å². The van der Waals surface area contributed by atoms with E-state index in [1.54, 1.807) is 12.1 Å². The Balaban J connectivity index is 2.25. The van der Waals surface area contributed by atoms with Crippen LogP contribution in [-0.2, 0) is 4.74 Å². The second kappa shape index (κ2) is 3.88. The SMILES string of the molecule is C[C@]1(O)C[C@H](c2ccco2)[C@@H]([N+](=O)[O-])CO1. The van der Waals surface area contributed by atoms with E-state index in [1.807, 2.05) is 0 Å². The Bertz CT molecular complexity index is 373. The molecule has 1 fully saturated rings. The van der Waals surface area contributed by atoms with Gasteiger partial charge in [-0.2, -0.15) is 0 Å². The Hall–Kier alpha value is -1.40. The van der Waals surface area contributed by atoms with Gasteiger partial charge in [0.1, 0.15) is 12.4 Å². The van der Waals surface area contributed by atoms with Crippen molar-refractivity contribution in [1.29, 1.82) is 0 Å². The lowest BCUT2D eigenvalue weighted by Gasteiger charge is -2.34. The van der Waals surface area contributed by atoms with Crippen LogP contribution in [-0.4, -0.2) is 28.5 Å². The molecule has 1 aliphatic heterocycles. The largest absolute Gasteiger partial charge is 0.469 e. The number of nitro groups is 1. The van der Waals surface area contributed by atoms with Crippen molar-refractivity contribution in [3.63, 3.8) is 0 Å². The molecule has 1 saturated heterocycles. The molecule has 0 unspecified atom stereocenters. The van der Waals surface area contributed by atoms with Crippen molar-refractivity contribution < 1.29 is 19.2 Å². The van der Waals surface area contributed by atoms with Gasteiger partial charge in [-0.05, 0) is 19.1 Å². The topological polar surface area (TPSA) is 85.7 Å². The van der Waals surface area contributed by atoms with Crippen LogP contribution >= 0.6 is 0 Å². The molecule has 0 saturated carbocycles. The van der Waals surface area contributed by atoms with Crippen molar-refractivity contribution in [3.8, 4) is 0 Å². The molecule has 2 rings (SSSR count). The van der Waals surface area contributed by atoms with Gasteiger partial charge in [-0.25, -0.2) is 0 Å². The maximum absolute atomic E-state index is 10.9. The molecule has 6 nitrogen and oxygen atoms in total. The molecule has 0 aliphatic carbocycles. The van der Waals surface area contributed by atoms with E-state index in [-0.39, 0.29) is 18.0 Å². The quantitative estimate of drug-likeness (QED) is 0.604. The highest BCUT2D eigenvalue weighted by Gasteiger charge is 2.45. The van der Waals surface area contributed by atoms with Crippen LogP contribution in [0.15, 0.2) is 22.8 Å². The molecular formula is C10H13NO5. The molecule has 0 spiro atoms. The second-order valence-electron chi connectivity index (χ2n) is 4.16. The third-order valence-electron chi connectivity index (χ3n) is 2.81. The van der Waals surface area contributed by atoms with Crippen molar-refractivity contribution in [2.24, 2.45) is 0 Å². The van der Waals surface area contributed by atoms with Crippen LogP contribution in [0.4, 0.5) is 0 Å². The molecule has 1 N–H and O–H groups in total. The van der Waals surface area contributed by atoms with Gasteiger partial charge in [-0.3, -0.25) is 10.1 Å². The maximum Gasteiger partial charge on any atom is 0.246 e. The molecule has 2 heterocycles. The minimum absolute atomic E-state index is 0.106. The minimum atomic E-state index is -1.33. The molecule has 1 aliphatic rings. The lowest BCUT2D eigenvalue weighted by molar-refractivity contribution is -0.542. The predicted molar refractivity (Wildman–Crippen MR) is 53.4 cm³/mol. The van der Waals surface area contributed by atoms with E-state index >= 15 is 0 Å². The predicted octanol–water partition coefficient (Wildman–Crippen LogP) is 1.14. The third kappa shape index (κ3) is 2.07. The van der Waals surface area contributed by atoms with Gasteiger partial charge in [0.05, 0.1) is 12.2 Å². The van der Waals surface area contributed by atoms with Crippen LogP contribution in [0.1, 0.15) is 25.0 Å². The number of hydrogen-bond donors (Lipinski definition) is 1. The van der Waals surface area contributed by atoms with E-state index in [0.29, 0.717) is 5.76 Å². The van der Waals surface area contributed by atoms with Gasteiger partial charge in [-0.15, -0.1) is 0 Å². The van der Waals surface area contributed by atoms with E-state index in [2.05, 4.69) is 0 Å². The molecule has 0 bridgehead atoms. The Kier molecular flexibility index (Phi) is 2.69. The van der Waals surface area contributed by atoms with E-state index in [4.69, 9.17) is 9.15 Å². The van der Waals surface area contributed by atoms with Crippen LogP contribution in [0.5, 0.6) is 0 Å². The van der Waals surface area contributed by atoms with Crippen molar-refractivity contribution in [2.75, 3.05) is 6.61 Å². The Morgan fingerprint density at radius 2 is 2.44 bits per heavy atom. The molecule has 16 heavy (non-hydrogen) atoms. The van der Waals surface area contributed by atoms with Gasteiger partial charge in [-0.1, -0.05) is 0 Å². The number of ether oxygens (including phenoxy) is 1. The summed E-state index contributed by atoms with van der Waals surface area (Å²) in [5, 5.41) is 20.6. The number of rotatable bonds is 2. The van der Waals surface area contributed by atoms with Crippen LogP contribution in [0.2, 0.25) is 0 Å². The van der Waals surface area contributed by atoms with Crippen molar-refractivity contribution in [3.05, 3.63) is 34.3 Å². The fraction of sp³-hybridized carbons (Fsp3) is 0.600. The summed E-state index contributed by atoms with van der Waals surface area (Å²) < 4.78 is 10.2. The van der Waals surface area contributed by atoms with Crippen LogP contribution in [0.25, 0.3) is 0 Å². The van der Waals surface area contributed by atoms with Gasteiger partial charge in [0, 0.05) is 11.3 Å². The van der Waals surface area contributed by atoms with E-state index in [0.717, 1.165) is 0 Å². The molecule has 1 aromatic heterocycles. The zero-order valence-electron chi connectivity index (χ0n) is 8.83. The summed E-state index contributed by atoms with van der Waals surface area (Å²) >= 11 is 0. The van der Waals surface area contributed by atoms with Gasteiger partial charge in [0.25, 0.3) is 0 Å². The molecule has 0 radical (unpaired) electrons. The number of nitrogens with zero attached hydrogens (tertiary/aromatic N) is 1. The lowest BCUT2D eigenvalue weighted by Crippen LogP contribution is -2.46. The average Bonchev–Trinajstić information content (AvgIpc) is 2.68. The monoisotopic (exact) mass is 227 g/mol. The van der Waals surface area contributed by atoms with Crippen LogP contribution in [0, 0.1) is 10.1 Å². The number of hydrogen-bond acceptors (Lipinski definition) is 5. The van der Waals surface area contributed by atoms with Crippen molar-refractivity contribution in [1.82, 2.24) is 0 Å². The lowest BCUT2D eigenvalue weighted by atomic mass is 9.88. The summed E-state index contributed by atoms with van der Waals surface area (Å²) in [5.41, 5.74) is 0. The molecule has 1 aromatic rings. The molecule has 3 atom stereocenters. The number of furan rings is 1. The zero-order valence-corrected chi connectivity index (χ0v) is 8.83. The minimum Gasteiger partial charge on any atom is -0.469 e. The first-order valence-corrected chi connectivity index (χ1v) is 5.03. The summed E-state index contributed by atoms with van der Waals surface area (Å²) in [6.07, 6.45) is 1.63. The summed E-state index contributed by atoms with van der Waals surface area (Å²) in [5.74, 6) is -1.26. The standard InChI is InChI=1S/C10H13NO5/c1-10(12)5-7(9-3-2-4-15-9)8(6-16-10)11(13)14/h2-4,7-8,12H,5-6H2,1H3/t7-,8-,10+/m0/s1. The van der Waals surface area contributed by atoms with Crippen LogP contribution < -0.4 is 0 Å². The molecule has 6 heteroatoms. The van der Waals surface area contributed by atoms with E-state index in [1.165, 1.54) is 13.2 Å². The summed E-state index contributed by atoms with van der Waals surface area (Å²) in [4.78, 5) is 10.5. The molecule has 0 amide bonds. The van der Waals surface area contributed by atoms with Gasteiger partial charge in [0.2, 0.25) is 6.04 Å². The normalized spacial score (nSPS) is 34.9. The van der Waals surface area contributed by atoms with Gasteiger partial charge in [0.15, 0.2) is 5.79 Å². The van der Waals surface area contributed by atoms with Crippen molar-refractivity contribution >= 4 is 0 Å². The Morgan fingerprint density at radius 3 is 3.00 bits per heavy atom. The van der Waals surface area contributed by atoms with Gasteiger partial charge >= 0.3 is 0 Å². The Labute approximate surface area is 92.0 Å². The fourth-order valence-electron chi connectivity index (χ4n) is 1.98. The van der Waals surface area contributed by atoms with E-state index < -0.39 is 17.7 Å². The Morgan fingerprint density at radius 1 is 1.69 bits per heavy atom. The van der Waals surface area contributed by atoms with Gasteiger partial charge < -0.3 is 14.3 Å². The highest BCUT2D eigenvalue weighted by atomic mass is 16.7. The highest BCUT2D eigenvalue weighted by molar-refractivity contribution is 5.09. The van der Waals surface area contributed by atoms with Crippen LogP contribution in [0.3, 0.4) is 0 Å². The summed E-state index contributed by atoms with van der Waals surface area (Å²) in [7, 11) is 0. The first-order valence-electron chi connectivity index (χ1n) is 5.03.